The van der Waals surface area contributed by atoms with Crippen molar-refractivity contribution in [1.82, 2.24) is 15.2 Å². The number of aromatic nitrogens is 3. The lowest BCUT2D eigenvalue weighted by atomic mass is 10.1. The lowest BCUT2D eigenvalue weighted by Gasteiger charge is -2.13. The fourth-order valence-electron chi connectivity index (χ4n) is 2.92. The maximum Gasteiger partial charge on any atom is 0.260 e. The highest BCUT2D eigenvalue weighted by Crippen LogP contribution is 2.32. The smallest absolute Gasteiger partial charge is 0.260 e. The minimum atomic E-state index is -0.494. The fraction of sp³-hybridized carbons (Fsp3) is 0.200. The first-order valence-electron chi connectivity index (χ1n) is 8.61. The number of methoxy groups -OCH3 is 1. The number of benzene rings is 1. The van der Waals surface area contributed by atoms with Crippen LogP contribution in [0.3, 0.4) is 0 Å². The molecule has 3 aromatic rings. The summed E-state index contributed by atoms with van der Waals surface area (Å²) >= 11 is 0. The Bertz CT molecular complexity index is 1020. The Balaban J connectivity index is 1.53. The molecule has 0 radical (unpaired) electrons. The average molecular weight is 380 g/mol. The molecule has 0 aliphatic carbocycles. The maximum absolute atomic E-state index is 14.6. The number of aryl methyl sites for hydroxylation is 1. The maximum atomic E-state index is 14.6. The van der Waals surface area contributed by atoms with Gasteiger partial charge in [0.2, 0.25) is 0 Å². The molecule has 2 aromatic heterocycles. The van der Waals surface area contributed by atoms with Crippen LogP contribution in [0, 0.1) is 12.7 Å². The van der Waals surface area contributed by atoms with E-state index >= 15 is 0 Å². The summed E-state index contributed by atoms with van der Waals surface area (Å²) in [4.78, 5) is 18.3. The number of hydrogen-bond acceptors (Lipinski definition) is 6. The van der Waals surface area contributed by atoms with E-state index in [-0.39, 0.29) is 30.4 Å². The van der Waals surface area contributed by atoms with E-state index in [0.717, 1.165) is 5.69 Å². The molecule has 0 spiro atoms. The Morgan fingerprint density at radius 1 is 1.14 bits per heavy atom. The molecule has 0 N–H and O–H groups in total. The molecule has 1 amide bonds. The summed E-state index contributed by atoms with van der Waals surface area (Å²) in [5.41, 5.74) is 1.98. The van der Waals surface area contributed by atoms with Crippen molar-refractivity contribution in [2.75, 3.05) is 12.0 Å². The monoisotopic (exact) mass is 380 g/mol. The highest BCUT2D eigenvalue weighted by atomic mass is 19.1. The number of ether oxygens (including phenoxy) is 2. The highest BCUT2D eigenvalue weighted by molar-refractivity contribution is 6.09. The van der Waals surface area contributed by atoms with Crippen LogP contribution in [0.1, 0.15) is 27.3 Å². The van der Waals surface area contributed by atoms with Gasteiger partial charge in [-0.3, -0.25) is 14.7 Å². The van der Waals surface area contributed by atoms with Crippen LogP contribution in [0.15, 0.2) is 42.6 Å². The molecule has 8 heteroatoms. The zero-order valence-electron chi connectivity index (χ0n) is 15.3. The van der Waals surface area contributed by atoms with Crippen molar-refractivity contribution in [3.8, 4) is 11.5 Å². The molecule has 0 saturated carbocycles. The molecule has 28 heavy (non-hydrogen) atoms. The first kappa shape index (κ1) is 17.8. The van der Waals surface area contributed by atoms with Crippen molar-refractivity contribution >= 4 is 11.7 Å². The number of halogens is 1. The van der Waals surface area contributed by atoms with Gasteiger partial charge in [0.15, 0.2) is 5.82 Å². The molecule has 1 aliphatic rings. The minimum Gasteiger partial charge on any atom is -0.495 e. The van der Waals surface area contributed by atoms with Crippen LogP contribution in [0.5, 0.6) is 11.5 Å². The average Bonchev–Trinajstić information content (AvgIpc) is 3.05. The third-order valence-corrected chi connectivity index (χ3v) is 4.44. The van der Waals surface area contributed by atoms with E-state index in [2.05, 4.69) is 15.2 Å². The number of fused-ring (bicyclic) bond motifs is 1. The fourth-order valence-corrected chi connectivity index (χ4v) is 2.92. The summed E-state index contributed by atoms with van der Waals surface area (Å²) in [6, 6.07) is 9.79. The highest BCUT2D eigenvalue weighted by Gasteiger charge is 2.32. The second-order valence-corrected chi connectivity index (χ2v) is 6.33. The topological polar surface area (TPSA) is 77.4 Å². The van der Waals surface area contributed by atoms with Crippen LogP contribution in [0.25, 0.3) is 0 Å². The molecule has 7 nitrogen and oxygen atoms in total. The number of carbonyl (C=O) groups excluding carboxylic acids is 1. The third kappa shape index (κ3) is 3.36. The molecule has 4 rings (SSSR count). The van der Waals surface area contributed by atoms with E-state index in [4.69, 9.17) is 9.47 Å². The van der Waals surface area contributed by atoms with Gasteiger partial charge in [-0.1, -0.05) is 0 Å². The van der Waals surface area contributed by atoms with Gasteiger partial charge in [0.1, 0.15) is 23.9 Å². The predicted molar refractivity (Wildman–Crippen MR) is 98.8 cm³/mol. The number of anilines is 1. The van der Waals surface area contributed by atoms with Crippen LogP contribution in [0.4, 0.5) is 10.2 Å². The number of nitrogens with zero attached hydrogens (tertiary/aromatic N) is 4. The number of hydrogen-bond donors (Lipinski definition) is 0. The van der Waals surface area contributed by atoms with Gasteiger partial charge in [-0.15, -0.1) is 5.10 Å². The predicted octanol–water partition coefficient (Wildman–Crippen LogP) is 3.07. The van der Waals surface area contributed by atoms with Crippen LogP contribution in [0.2, 0.25) is 0 Å². The van der Waals surface area contributed by atoms with Crippen molar-refractivity contribution in [3.05, 3.63) is 70.9 Å². The van der Waals surface area contributed by atoms with Crippen LogP contribution >= 0.6 is 0 Å². The van der Waals surface area contributed by atoms with Gasteiger partial charge in [0.05, 0.1) is 36.8 Å². The van der Waals surface area contributed by atoms with Crippen LogP contribution < -0.4 is 14.4 Å². The second-order valence-electron chi connectivity index (χ2n) is 6.33. The molecule has 0 bridgehead atoms. The molecule has 0 fully saturated rings. The molecular formula is C20H17FN4O3. The quantitative estimate of drug-likeness (QED) is 0.677. The Labute approximate surface area is 160 Å². The summed E-state index contributed by atoms with van der Waals surface area (Å²) in [7, 11) is 1.56. The Morgan fingerprint density at radius 2 is 2.00 bits per heavy atom. The van der Waals surface area contributed by atoms with E-state index in [1.54, 1.807) is 50.6 Å². The molecule has 1 aromatic carbocycles. The number of carbonyl (C=O) groups is 1. The Kier molecular flexibility index (Phi) is 4.60. The summed E-state index contributed by atoms with van der Waals surface area (Å²) in [5.74, 6) is 0.457. The van der Waals surface area contributed by atoms with Gasteiger partial charge in [0, 0.05) is 11.6 Å². The molecule has 0 unspecified atom stereocenters. The van der Waals surface area contributed by atoms with E-state index in [0.29, 0.717) is 22.8 Å². The van der Waals surface area contributed by atoms with Crippen molar-refractivity contribution < 1.29 is 18.7 Å². The largest absolute Gasteiger partial charge is 0.495 e. The molecule has 0 saturated heterocycles. The first-order chi connectivity index (χ1) is 13.5. The van der Waals surface area contributed by atoms with Gasteiger partial charge in [-0.25, -0.2) is 4.39 Å². The summed E-state index contributed by atoms with van der Waals surface area (Å²) in [6.45, 7) is 2.06. The SMILES string of the molecule is COc1ccc(COc2cc(F)c3c(c2)C(=O)N(c2ccc(C)nn2)C3)nc1. The standard InChI is InChI=1S/C20H17FN4O3/c1-12-3-6-19(24-23-12)25-10-17-16(20(25)26)7-15(8-18(17)21)28-11-13-4-5-14(27-2)9-22-13/h3-9H,10-11H2,1-2H3. The van der Waals surface area contributed by atoms with E-state index in [1.807, 2.05) is 0 Å². The van der Waals surface area contributed by atoms with Crippen molar-refractivity contribution in [2.45, 2.75) is 20.1 Å². The van der Waals surface area contributed by atoms with Gasteiger partial charge < -0.3 is 9.47 Å². The van der Waals surface area contributed by atoms with Gasteiger partial charge in [-0.2, -0.15) is 5.10 Å². The van der Waals surface area contributed by atoms with Crippen molar-refractivity contribution in [2.24, 2.45) is 0 Å². The third-order valence-electron chi connectivity index (χ3n) is 4.44. The summed E-state index contributed by atoms with van der Waals surface area (Å²) in [6.07, 6.45) is 1.58. The summed E-state index contributed by atoms with van der Waals surface area (Å²) < 4.78 is 25.3. The normalized spacial score (nSPS) is 12.8. The zero-order valence-corrected chi connectivity index (χ0v) is 15.3. The molecule has 142 valence electrons. The number of pyridine rings is 1. The Morgan fingerprint density at radius 3 is 2.68 bits per heavy atom. The van der Waals surface area contributed by atoms with Gasteiger partial charge in [-0.05, 0) is 37.3 Å². The summed E-state index contributed by atoms with van der Waals surface area (Å²) in [5, 5.41) is 7.98. The number of rotatable bonds is 5. The molecule has 3 heterocycles. The lowest BCUT2D eigenvalue weighted by molar-refractivity contribution is 0.0995. The molecule has 1 aliphatic heterocycles. The van der Waals surface area contributed by atoms with Gasteiger partial charge >= 0.3 is 0 Å². The van der Waals surface area contributed by atoms with Gasteiger partial charge in [0.25, 0.3) is 5.91 Å². The molecule has 0 atom stereocenters. The van der Waals surface area contributed by atoms with Crippen LogP contribution in [-0.4, -0.2) is 28.2 Å². The van der Waals surface area contributed by atoms with Crippen LogP contribution in [-0.2, 0) is 13.2 Å². The molecular weight excluding hydrogens is 363 g/mol. The lowest BCUT2D eigenvalue weighted by Crippen LogP contribution is -2.24. The number of amides is 1. The van der Waals surface area contributed by atoms with Crippen molar-refractivity contribution in [1.29, 1.82) is 0 Å². The Hall–Kier alpha value is -3.55. The first-order valence-corrected chi connectivity index (χ1v) is 8.61. The zero-order chi connectivity index (χ0) is 19.7. The second kappa shape index (κ2) is 7.22. The van der Waals surface area contributed by atoms with E-state index in [9.17, 15) is 9.18 Å². The minimum absolute atomic E-state index is 0.109. The van der Waals surface area contributed by atoms with E-state index in [1.165, 1.54) is 11.0 Å². The van der Waals surface area contributed by atoms with Crippen molar-refractivity contribution in [3.63, 3.8) is 0 Å². The van der Waals surface area contributed by atoms with E-state index < -0.39 is 5.82 Å².